The predicted molar refractivity (Wildman–Crippen MR) is 95.6 cm³/mol. The van der Waals surface area contributed by atoms with Crippen LogP contribution in [0.25, 0.3) is 6.08 Å². The zero-order valence-electron chi connectivity index (χ0n) is 14.7. The number of amides is 1. The van der Waals surface area contributed by atoms with Gasteiger partial charge in [-0.1, -0.05) is 17.7 Å². The van der Waals surface area contributed by atoms with Gasteiger partial charge in [-0.25, -0.2) is 4.79 Å². The van der Waals surface area contributed by atoms with Crippen molar-refractivity contribution in [3.05, 3.63) is 34.4 Å². The summed E-state index contributed by atoms with van der Waals surface area (Å²) in [5.74, 6) is 0.866. The van der Waals surface area contributed by atoms with Crippen molar-refractivity contribution in [3.8, 4) is 5.75 Å². The number of carbonyl (C=O) groups is 1. The molecule has 1 spiro atoms. The van der Waals surface area contributed by atoms with Crippen LogP contribution in [0.15, 0.2) is 18.2 Å². The SMILES string of the molecule is Cc1cc2c(cc1Cl)C=CC1(CCN(C(=O)OC(C)(C)C)CC1)O2. The molecule has 24 heavy (non-hydrogen) atoms. The fourth-order valence-electron chi connectivity index (χ4n) is 3.05. The molecule has 1 fully saturated rings. The van der Waals surface area contributed by atoms with Gasteiger partial charge < -0.3 is 14.4 Å². The number of aryl methyl sites for hydroxylation is 1. The Bertz CT molecular complexity index is 683. The number of hydrogen-bond acceptors (Lipinski definition) is 3. The van der Waals surface area contributed by atoms with Gasteiger partial charge in [-0.3, -0.25) is 0 Å². The summed E-state index contributed by atoms with van der Waals surface area (Å²) in [7, 11) is 0. The summed E-state index contributed by atoms with van der Waals surface area (Å²) in [5, 5.41) is 0.748. The molecule has 0 aromatic heterocycles. The number of piperidine rings is 1. The molecule has 130 valence electrons. The third kappa shape index (κ3) is 3.54. The number of carbonyl (C=O) groups excluding carboxylic acids is 1. The Balaban J connectivity index is 1.69. The second-order valence-electron chi connectivity index (χ2n) is 7.61. The first-order valence-corrected chi connectivity index (χ1v) is 8.72. The van der Waals surface area contributed by atoms with Crippen molar-refractivity contribution in [2.45, 2.75) is 51.7 Å². The van der Waals surface area contributed by atoms with E-state index in [2.05, 4.69) is 12.2 Å². The van der Waals surface area contributed by atoms with E-state index >= 15 is 0 Å². The molecule has 4 nitrogen and oxygen atoms in total. The maximum atomic E-state index is 12.2. The van der Waals surface area contributed by atoms with Crippen molar-refractivity contribution in [2.24, 2.45) is 0 Å². The highest BCUT2D eigenvalue weighted by molar-refractivity contribution is 6.31. The summed E-state index contributed by atoms with van der Waals surface area (Å²) < 4.78 is 11.8. The lowest BCUT2D eigenvalue weighted by molar-refractivity contribution is -0.00102. The summed E-state index contributed by atoms with van der Waals surface area (Å²) >= 11 is 6.18. The number of nitrogens with zero attached hydrogens (tertiary/aromatic N) is 1. The number of fused-ring (bicyclic) bond motifs is 1. The molecule has 2 aliphatic rings. The summed E-state index contributed by atoms with van der Waals surface area (Å²) in [6, 6.07) is 3.93. The molecule has 1 aromatic carbocycles. The largest absolute Gasteiger partial charge is 0.482 e. The smallest absolute Gasteiger partial charge is 0.410 e. The zero-order valence-corrected chi connectivity index (χ0v) is 15.4. The highest BCUT2D eigenvalue weighted by atomic mass is 35.5. The van der Waals surface area contributed by atoms with Gasteiger partial charge in [0.15, 0.2) is 0 Å². The quantitative estimate of drug-likeness (QED) is 0.673. The van der Waals surface area contributed by atoms with Crippen molar-refractivity contribution in [3.63, 3.8) is 0 Å². The van der Waals surface area contributed by atoms with Crippen LogP contribution < -0.4 is 4.74 Å². The van der Waals surface area contributed by atoms with Crippen LogP contribution in [-0.4, -0.2) is 35.3 Å². The van der Waals surface area contributed by atoms with Gasteiger partial charge in [-0.15, -0.1) is 0 Å². The molecule has 0 unspecified atom stereocenters. The Kier molecular flexibility index (Phi) is 4.28. The third-order valence-electron chi connectivity index (χ3n) is 4.43. The van der Waals surface area contributed by atoms with Crippen molar-refractivity contribution in [1.29, 1.82) is 0 Å². The average Bonchev–Trinajstić information content (AvgIpc) is 2.48. The topological polar surface area (TPSA) is 38.8 Å². The normalized spacial score (nSPS) is 19.0. The summed E-state index contributed by atoms with van der Waals surface area (Å²) in [6.45, 7) is 8.87. The summed E-state index contributed by atoms with van der Waals surface area (Å²) in [5.41, 5.74) is 1.20. The minimum Gasteiger partial charge on any atom is -0.482 e. The lowest BCUT2D eigenvalue weighted by Gasteiger charge is -2.42. The maximum absolute atomic E-state index is 12.2. The molecule has 0 bridgehead atoms. The van der Waals surface area contributed by atoms with E-state index in [1.165, 1.54) is 0 Å². The summed E-state index contributed by atoms with van der Waals surface area (Å²) in [6.07, 6.45) is 5.44. The highest BCUT2D eigenvalue weighted by Gasteiger charge is 2.39. The molecule has 0 N–H and O–H groups in total. The van der Waals surface area contributed by atoms with E-state index in [1.807, 2.05) is 39.8 Å². The van der Waals surface area contributed by atoms with Crippen LogP contribution >= 0.6 is 11.6 Å². The minimum atomic E-state index is -0.469. The maximum Gasteiger partial charge on any atom is 0.410 e. The van der Waals surface area contributed by atoms with Gasteiger partial charge in [0.2, 0.25) is 0 Å². The van der Waals surface area contributed by atoms with Crippen molar-refractivity contribution < 1.29 is 14.3 Å². The Morgan fingerprint density at radius 2 is 1.96 bits per heavy atom. The molecule has 0 saturated carbocycles. The monoisotopic (exact) mass is 349 g/mol. The van der Waals surface area contributed by atoms with Crippen LogP contribution in [0.3, 0.4) is 0 Å². The first kappa shape index (κ1) is 17.2. The zero-order chi connectivity index (χ0) is 17.5. The van der Waals surface area contributed by atoms with Crippen LogP contribution in [-0.2, 0) is 4.74 Å². The lowest BCUT2D eigenvalue weighted by atomic mass is 9.88. The molecule has 2 heterocycles. The van der Waals surface area contributed by atoms with E-state index in [-0.39, 0.29) is 11.7 Å². The minimum absolute atomic E-state index is 0.250. The number of ether oxygens (including phenoxy) is 2. The molecule has 3 rings (SSSR count). The number of benzene rings is 1. The van der Waals surface area contributed by atoms with E-state index in [0.717, 1.165) is 34.7 Å². The predicted octanol–water partition coefficient (Wildman–Crippen LogP) is 4.82. The first-order valence-electron chi connectivity index (χ1n) is 8.34. The molecular formula is C19H24ClNO3. The molecule has 2 aliphatic heterocycles. The second kappa shape index (κ2) is 5.99. The van der Waals surface area contributed by atoms with E-state index in [0.29, 0.717) is 13.1 Å². The molecule has 1 aromatic rings. The van der Waals surface area contributed by atoms with Crippen molar-refractivity contribution >= 4 is 23.8 Å². The van der Waals surface area contributed by atoms with Gasteiger partial charge in [0, 0.05) is 36.5 Å². The van der Waals surface area contributed by atoms with Gasteiger partial charge in [0.25, 0.3) is 0 Å². The molecule has 5 heteroatoms. The Labute approximate surface area is 148 Å². The highest BCUT2D eigenvalue weighted by Crippen LogP contribution is 2.39. The van der Waals surface area contributed by atoms with Gasteiger partial charge in [0.05, 0.1) is 0 Å². The van der Waals surface area contributed by atoms with Crippen molar-refractivity contribution in [1.82, 2.24) is 4.90 Å². The van der Waals surface area contributed by atoms with Gasteiger partial charge in [-0.2, -0.15) is 0 Å². The van der Waals surface area contributed by atoms with E-state index < -0.39 is 5.60 Å². The molecule has 0 radical (unpaired) electrons. The molecule has 1 amide bonds. The van der Waals surface area contributed by atoms with Crippen LogP contribution in [0.4, 0.5) is 4.79 Å². The van der Waals surface area contributed by atoms with Gasteiger partial charge in [-0.05, 0) is 51.5 Å². The van der Waals surface area contributed by atoms with Crippen LogP contribution in [0.2, 0.25) is 5.02 Å². The molecule has 1 saturated heterocycles. The van der Waals surface area contributed by atoms with Crippen LogP contribution in [0.1, 0.15) is 44.7 Å². The van der Waals surface area contributed by atoms with E-state index in [1.54, 1.807) is 4.90 Å². The van der Waals surface area contributed by atoms with E-state index in [9.17, 15) is 4.79 Å². The third-order valence-corrected chi connectivity index (χ3v) is 4.84. The van der Waals surface area contributed by atoms with Gasteiger partial charge in [0.1, 0.15) is 17.0 Å². The molecular weight excluding hydrogens is 326 g/mol. The Morgan fingerprint density at radius 3 is 2.58 bits per heavy atom. The fourth-order valence-corrected chi connectivity index (χ4v) is 3.22. The number of likely N-dealkylation sites (tertiary alicyclic amines) is 1. The van der Waals surface area contributed by atoms with Crippen LogP contribution in [0.5, 0.6) is 5.75 Å². The second-order valence-corrected chi connectivity index (χ2v) is 8.01. The Morgan fingerprint density at radius 1 is 1.29 bits per heavy atom. The molecule has 0 aliphatic carbocycles. The number of halogens is 1. The fraction of sp³-hybridized carbons (Fsp3) is 0.526. The van der Waals surface area contributed by atoms with Gasteiger partial charge >= 0.3 is 6.09 Å². The standard InChI is InChI=1S/C19H24ClNO3/c1-13-11-16-14(12-15(13)20)5-6-19(23-16)7-9-21(10-8-19)17(22)24-18(2,3)4/h5-6,11-12H,7-10H2,1-4H3. The first-order chi connectivity index (χ1) is 11.2. The van der Waals surface area contributed by atoms with E-state index in [4.69, 9.17) is 21.1 Å². The number of hydrogen-bond donors (Lipinski definition) is 0. The van der Waals surface area contributed by atoms with Crippen LogP contribution in [0, 0.1) is 6.92 Å². The Hall–Kier alpha value is -1.68. The molecule has 0 atom stereocenters. The lowest BCUT2D eigenvalue weighted by Crippen LogP contribution is -2.50. The average molecular weight is 350 g/mol. The summed E-state index contributed by atoms with van der Waals surface area (Å²) in [4.78, 5) is 14.0. The van der Waals surface area contributed by atoms with Crippen molar-refractivity contribution in [2.75, 3.05) is 13.1 Å². The number of rotatable bonds is 0.